The number of H-pyrrole nitrogens is 1. The predicted octanol–water partition coefficient (Wildman–Crippen LogP) is 2.04. The summed E-state index contributed by atoms with van der Waals surface area (Å²) in [4.78, 5) is 26.0. The highest BCUT2D eigenvalue weighted by Gasteiger charge is 2.16. The van der Waals surface area contributed by atoms with E-state index in [9.17, 15) is 14.9 Å². The number of amides is 1. The molecule has 2 rings (SSSR count). The van der Waals surface area contributed by atoms with Gasteiger partial charge in [0.15, 0.2) is 0 Å². The van der Waals surface area contributed by atoms with Gasteiger partial charge in [-0.15, -0.1) is 5.10 Å². The molecule has 0 unspecified atom stereocenters. The van der Waals surface area contributed by atoms with Crippen molar-refractivity contribution in [1.82, 2.24) is 15.2 Å². The average Bonchev–Trinajstić information content (AvgIpc) is 2.74. The molecule has 0 saturated carbocycles. The van der Waals surface area contributed by atoms with Crippen LogP contribution < -0.4 is 5.32 Å². The number of aromatic nitrogens is 3. The van der Waals surface area contributed by atoms with Crippen LogP contribution in [0.15, 0.2) is 22.7 Å². The van der Waals surface area contributed by atoms with E-state index in [1.165, 1.54) is 18.2 Å². The van der Waals surface area contributed by atoms with E-state index >= 15 is 0 Å². The number of anilines is 1. The molecule has 2 aromatic rings. The van der Waals surface area contributed by atoms with E-state index in [4.69, 9.17) is 0 Å². The number of rotatable bonds is 3. The molecule has 0 bridgehead atoms. The SMILES string of the molecule is Cc1nc(NC(=O)c2ccc(Br)c([N+](=O)[O-])c2)n[nH]1. The molecule has 0 saturated heterocycles. The number of nitrogens with zero attached hydrogens (tertiary/aromatic N) is 3. The molecular weight excluding hydrogens is 318 g/mol. The molecule has 19 heavy (non-hydrogen) atoms. The van der Waals surface area contributed by atoms with Crippen LogP contribution in [-0.2, 0) is 0 Å². The summed E-state index contributed by atoms with van der Waals surface area (Å²) in [5, 5.41) is 19.5. The van der Waals surface area contributed by atoms with Gasteiger partial charge in [0.1, 0.15) is 5.82 Å². The van der Waals surface area contributed by atoms with Gasteiger partial charge in [0.2, 0.25) is 5.95 Å². The lowest BCUT2D eigenvalue weighted by atomic mass is 10.2. The minimum absolute atomic E-state index is 0.119. The van der Waals surface area contributed by atoms with Crippen molar-refractivity contribution in [2.75, 3.05) is 5.32 Å². The Hall–Kier alpha value is -2.29. The molecule has 8 nitrogen and oxygen atoms in total. The normalized spacial score (nSPS) is 10.2. The first-order valence-corrected chi connectivity index (χ1v) is 5.91. The lowest BCUT2D eigenvalue weighted by Gasteiger charge is -2.02. The second-order valence-electron chi connectivity index (χ2n) is 3.62. The van der Waals surface area contributed by atoms with Gasteiger partial charge in [0.05, 0.1) is 9.40 Å². The number of hydrogen-bond donors (Lipinski definition) is 2. The number of aromatic amines is 1. The molecule has 0 radical (unpaired) electrons. The molecule has 1 aromatic heterocycles. The Labute approximate surface area is 115 Å². The van der Waals surface area contributed by atoms with Crippen molar-refractivity contribution < 1.29 is 9.72 Å². The number of benzene rings is 1. The van der Waals surface area contributed by atoms with Crippen molar-refractivity contribution in [1.29, 1.82) is 0 Å². The van der Waals surface area contributed by atoms with Crippen molar-refractivity contribution in [3.63, 3.8) is 0 Å². The van der Waals surface area contributed by atoms with E-state index in [2.05, 4.69) is 36.4 Å². The lowest BCUT2D eigenvalue weighted by Crippen LogP contribution is -2.13. The van der Waals surface area contributed by atoms with E-state index in [0.29, 0.717) is 10.3 Å². The molecule has 2 N–H and O–H groups in total. The Kier molecular flexibility index (Phi) is 3.56. The maximum absolute atomic E-state index is 11.9. The Morgan fingerprint density at radius 2 is 2.26 bits per heavy atom. The van der Waals surface area contributed by atoms with Crippen LogP contribution in [0.4, 0.5) is 11.6 Å². The van der Waals surface area contributed by atoms with Crippen molar-refractivity contribution in [3.8, 4) is 0 Å². The molecule has 0 atom stereocenters. The number of aryl methyl sites for hydroxylation is 1. The Morgan fingerprint density at radius 3 is 2.84 bits per heavy atom. The van der Waals surface area contributed by atoms with E-state index in [1.54, 1.807) is 6.92 Å². The average molecular weight is 326 g/mol. The van der Waals surface area contributed by atoms with Gasteiger partial charge in [-0.25, -0.2) is 0 Å². The van der Waals surface area contributed by atoms with Crippen molar-refractivity contribution in [2.45, 2.75) is 6.92 Å². The number of carbonyl (C=O) groups is 1. The van der Waals surface area contributed by atoms with Gasteiger partial charge in [-0.2, -0.15) is 4.98 Å². The van der Waals surface area contributed by atoms with Crippen LogP contribution in [0.2, 0.25) is 0 Å². The third-order valence-corrected chi connectivity index (χ3v) is 2.90. The highest BCUT2D eigenvalue weighted by Crippen LogP contribution is 2.25. The van der Waals surface area contributed by atoms with Gasteiger partial charge in [0, 0.05) is 11.6 Å². The first-order valence-electron chi connectivity index (χ1n) is 5.11. The largest absolute Gasteiger partial charge is 0.289 e. The van der Waals surface area contributed by atoms with Crippen molar-refractivity contribution in [2.24, 2.45) is 0 Å². The van der Waals surface area contributed by atoms with Crippen molar-refractivity contribution in [3.05, 3.63) is 44.2 Å². The molecule has 0 aliphatic heterocycles. The highest BCUT2D eigenvalue weighted by molar-refractivity contribution is 9.10. The van der Waals surface area contributed by atoms with Crippen LogP contribution in [0.5, 0.6) is 0 Å². The summed E-state index contributed by atoms with van der Waals surface area (Å²) >= 11 is 3.05. The zero-order valence-electron chi connectivity index (χ0n) is 9.68. The molecule has 1 aromatic carbocycles. The van der Waals surface area contributed by atoms with Crippen LogP contribution in [0.1, 0.15) is 16.2 Å². The lowest BCUT2D eigenvalue weighted by molar-refractivity contribution is -0.385. The van der Waals surface area contributed by atoms with Crippen LogP contribution in [0.3, 0.4) is 0 Å². The highest BCUT2D eigenvalue weighted by atomic mass is 79.9. The quantitative estimate of drug-likeness (QED) is 0.662. The minimum atomic E-state index is -0.572. The van der Waals surface area contributed by atoms with Gasteiger partial charge in [0.25, 0.3) is 11.6 Å². The molecule has 0 aliphatic rings. The predicted molar refractivity (Wildman–Crippen MR) is 69.9 cm³/mol. The second kappa shape index (κ2) is 5.14. The fourth-order valence-electron chi connectivity index (χ4n) is 1.37. The number of hydrogen-bond acceptors (Lipinski definition) is 5. The number of nitro benzene ring substituents is 1. The summed E-state index contributed by atoms with van der Waals surface area (Å²) in [5.41, 5.74) is -0.0313. The van der Waals surface area contributed by atoms with Crippen molar-refractivity contribution >= 4 is 33.5 Å². The Morgan fingerprint density at radius 1 is 1.53 bits per heavy atom. The first kappa shape index (κ1) is 13.1. The third kappa shape index (κ3) is 2.94. The van der Waals surface area contributed by atoms with Gasteiger partial charge in [-0.3, -0.25) is 25.3 Å². The summed E-state index contributed by atoms with van der Waals surface area (Å²) in [5.74, 6) is 0.153. The molecule has 0 fully saturated rings. The Bertz CT molecular complexity index is 654. The molecule has 1 heterocycles. The zero-order chi connectivity index (χ0) is 14.0. The first-order chi connectivity index (χ1) is 8.97. The van der Waals surface area contributed by atoms with Crippen LogP contribution in [-0.4, -0.2) is 26.0 Å². The Balaban J connectivity index is 2.24. The van der Waals surface area contributed by atoms with Gasteiger partial charge in [-0.1, -0.05) is 0 Å². The van der Waals surface area contributed by atoms with Gasteiger partial charge in [-0.05, 0) is 35.0 Å². The van der Waals surface area contributed by atoms with E-state index in [0.717, 1.165) is 0 Å². The second-order valence-corrected chi connectivity index (χ2v) is 4.48. The molecule has 9 heteroatoms. The van der Waals surface area contributed by atoms with Gasteiger partial charge < -0.3 is 0 Å². The minimum Gasteiger partial charge on any atom is -0.289 e. The monoisotopic (exact) mass is 325 g/mol. The van der Waals surface area contributed by atoms with Crippen LogP contribution >= 0.6 is 15.9 Å². The molecule has 0 aliphatic carbocycles. The summed E-state index contributed by atoms with van der Waals surface area (Å²) in [6.07, 6.45) is 0. The number of halogens is 1. The standard InChI is InChI=1S/C10H8BrN5O3/c1-5-12-10(15-14-5)13-9(17)6-2-3-7(11)8(4-6)16(18)19/h2-4H,1H3,(H2,12,13,14,15,17). The zero-order valence-corrected chi connectivity index (χ0v) is 11.3. The summed E-state index contributed by atoms with van der Waals surface area (Å²) in [7, 11) is 0. The topological polar surface area (TPSA) is 114 Å². The number of nitrogens with one attached hydrogen (secondary N) is 2. The smallest absolute Gasteiger partial charge is 0.284 e. The van der Waals surface area contributed by atoms with E-state index in [-0.39, 0.29) is 17.2 Å². The van der Waals surface area contributed by atoms with Crippen LogP contribution in [0, 0.1) is 17.0 Å². The molecule has 0 spiro atoms. The molecule has 98 valence electrons. The maximum atomic E-state index is 11.9. The fraction of sp³-hybridized carbons (Fsp3) is 0.100. The molecular formula is C10H8BrN5O3. The summed E-state index contributed by atoms with van der Waals surface area (Å²) in [6.45, 7) is 1.69. The van der Waals surface area contributed by atoms with E-state index < -0.39 is 10.8 Å². The fourth-order valence-corrected chi connectivity index (χ4v) is 1.76. The number of nitro groups is 1. The molecule has 1 amide bonds. The van der Waals surface area contributed by atoms with E-state index in [1.807, 2.05) is 0 Å². The van der Waals surface area contributed by atoms with Gasteiger partial charge >= 0.3 is 0 Å². The third-order valence-electron chi connectivity index (χ3n) is 2.23. The number of carbonyl (C=O) groups excluding carboxylic acids is 1. The summed E-state index contributed by atoms with van der Waals surface area (Å²) in [6, 6.07) is 4.08. The van der Waals surface area contributed by atoms with Crippen LogP contribution in [0.25, 0.3) is 0 Å². The summed E-state index contributed by atoms with van der Waals surface area (Å²) < 4.78 is 0.308. The maximum Gasteiger partial charge on any atom is 0.284 e.